The van der Waals surface area contributed by atoms with E-state index in [1.54, 1.807) is 0 Å². The number of aliphatic hydroxyl groups excluding tert-OH is 1. The minimum absolute atomic E-state index is 0.0560. The molecule has 2 rings (SSSR count). The minimum atomic E-state index is 0.0560. The van der Waals surface area contributed by atoms with Gasteiger partial charge in [0.2, 0.25) is 5.89 Å². The SMILES string of the molecule is Cc1cc(-c2nc(CCO)c(C)o2)cc(C)c1O. The van der Waals surface area contributed by atoms with Crippen LogP contribution in [0.25, 0.3) is 11.5 Å². The first-order valence-electron chi connectivity index (χ1n) is 5.90. The van der Waals surface area contributed by atoms with Gasteiger partial charge in [0.05, 0.1) is 5.69 Å². The predicted octanol–water partition coefficient (Wildman–Crippen LogP) is 2.51. The first kappa shape index (κ1) is 12.6. The fourth-order valence-corrected chi connectivity index (χ4v) is 1.97. The summed E-state index contributed by atoms with van der Waals surface area (Å²) in [6.45, 7) is 5.58. The van der Waals surface area contributed by atoms with Crippen LogP contribution in [0.1, 0.15) is 22.6 Å². The zero-order valence-corrected chi connectivity index (χ0v) is 10.8. The smallest absolute Gasteiger partial charge is 0.226 e. The molecule has 0 saturated carbocycles. The number of phenolic OH excluding ortho intramolecular Hbond substituents is 1. The summed E-state index contributed by atoms with van der Waals surface area (Å²) in [5.74, 6) is 1.56. The van der Waals surface area contributed by atoms with Gasteiger partial charge in [-0.1, -0.05) is 0 Å². The van der Waals surface area contributed by atoms with Crippen LogP contribution >= 0.6 is 0 Å². The lowest BCUT2D eigenvalue weighted by molar-refractivity contribution is 0.297. The van der Waals surface area contributed by atoms with E-state index in [0.717, 1.165) is 28.1 Å². The Labute approximate surface area is 106 Å². The molecule has 0 amide bonds. The van der Waals surface area contributed by atoms with Crippen molar-refractivity contribution in [3.63, 3.8) is 0 Å². The first-order chi connectivity index (χ1) is 8.52. The zero-order chi connectivity index (χ0) is 13.3. The van der Waals surface area contributed by atoms with Crippen LogP contribution in [0, 0.1) is 20.8 Å². The average molecular weight is 247 g/mol. The standard InChI is InChI=1S/C14H17NO3/c1-8-6-11(7-9(2)13(8)17)14-15-12(4-5-16)10(3)18-14/h6-7,16-17H,4-5H2,1-3H3. The van der Waals surface area contributed by atoms with Gasteiger partial charge >= 0.3 is 0 Å². The van der Waals surface area contributed by atoms with Crippen molar-refractivity contribution in [2.24, 2.45) is 0 Å². The fraction of sp³-hybridized carbons (Fsp3) is 0.357. The Morgan fingerprint density at radius 3 is 2.33 bits per heavy atom. The molecule has 0 aliphatic heterocycles. The molecule has 1 heterocycles. The summed E-state index contributed by atoms with van der Waals surface area (Å²) in [6.07, 6.45) is 0.491. The van der Waals surface area contributed by atoms with Gasteiger partial charge < -0.3 is 14.6 Å². The molecular weight excluding hydrogens is 230 g/mol. The third-order valence-corrected chi connectivity index (χ3v) is 2.98. The van der Waals surface area contributed by atoms with Crippen molar-refractivity contribution in [1.82, 2.24) is 4.98 Å². The lowest BCUT2D eigenvalue weighted by Gasteiger charge is -2.05. The molecule has 1 aromatic heterocycles. The van der Waals surface area contributed by atoms with Crippen LogP contribution in [0.4, 0.5) is 0 Å². The third-order valence-electron chi connectivity index (χ3n) is 2.98. The van der Waals surface area contributed by atoms with Crippen LogP contribution in [-0.4, -0.2) is 21.8 Å². The first-order valence-corrected chi connectivity index (χ1v) is 5.90. The number of nitrogens with zero attached hydrogens (tertiary/aromatic N) is 1. The average Bonchev–Trinajstić information content (AvgIpc) is 2.68. The molecule has 4 nitrogen and oxygen atoms in total. The molecule has 0 saturated heterocycles. The van der Waals surface area contributed by atoms with E-state index < -0.39 is 0 Å². The van der Waals surface area contributed by atoms with Gasteiger partial charge in [0.1, 0.15) is 11.5 Å². The lowest BCUT2D eigenvalue weighted by atomic mass is 10.1. The second-order valence-electron chi connectivity index (χ2n) is 4.45. The van der Waals surface area contributed by atoms with E-state index in [0.29, 0.717) is 18.1 Å². The van der Waals surface area contributed by atoms with Crippen molar-refractivity contribution in [1.29, 1.82) is 0 Å². The number of aromatic hydroxyl groups is 1. The molecular formula is C14H17NO3. The van der Waals surface area contributed by atoms with Gasteiger partial charge in [-0.05, 0) is 44.0 Å². The Balaban J connectivity index is 2.46. The summed E-state index contributed by atoms with van der Waals surface area (Å²) in [7, 11) is 0. The maximum atomic E-state index is 9.74. The Hall–Kier alpha value is -1.81. The third kappa shape index (κ3) is 2.24. The summed E-state index contributed by atoms with van der Waals surface area (Å²) < 4.78 is 5.60. The number of phenols is 1. The molecule has 1 aromatic carbocycles. The molecule has 0 spiro atoms. The van der Waals surface area contributed by atoms with E-state index in [9.17, 15) is 5.11 Å². The number of benzene rings is 1. The Kier molecular flexibility index (Phi) is 3.39. The van der Waals surface area contributed by atoms with E-state index in [1.807, 2.05) is 32.9 Å². The summed E-state index contributed by atoms with van der Waals surface area (Å²) >= 11 is 0. The summed E-state index contributed by atoms with van der Waals surface area (Å²) in [4.78, 5) is 4.37. The molecule has 0 fully saturated rings. The highest BCUT2D eigenvalue weighted by Gasteiger charge is 2.13. The largest absolute Gasteiger partial charge is 0.507 e. The van der Waals surface area contributed by atoms with E-state index in [4.69, 9.17) is 9.52 Å². The van der Waals surface area contributed by atoms with Crippen molar-refractivity contribution in [2.75, 3.05) is 6.61 Å². The van der Waals surface area contributed by atoms with Gasteiger partial charge in [-0.15, -0.1) is 0 Å². The molecule has 0 radical (unpaired) electrons. The lowest BCUT2D eigenvalue weighted by Crippen LogP contribution is -1.92. The molecule has 18 heavy (non-hydrogen) atoms. The highest BCUT2D eigenvalue weighted by Crippen LogP contribution is 2.29. The number of hydrogen-bond donors (Lipinski definition) is 2. The predicted molar refractivity (Wildman–Crippen MR) is 68.6 cm³/mol. The molecule has 2 aromatic rings. The van der Waals surface area contributed by atoms with E-state index in [-0.39, 0.29) is 6.61 Å². The summed E-state index contributed by atoms with van der Waals surface area (Å²) in [5.41, 5.74) is 3.21. The van der Waals surface area contributed by atoms with E-state index in [2.05, 4.69) is 4.98 Å². The van der Waals surface area contributed by atoms with Crippen molar-refractivity contribution < 1.29 is 14.6 Å². The highest BCUT2D eigenvalue weighted by molar-refractivity contribution is 5.60. The molecule has 0 atom stereocenters. The number of aryl methyl sites for hydroxylation is 3. The van der Waals surface area contributed by atoms with Crippen molar-refractivity contribution in [3.8, 4) is 17.2 Å². The van der Waals surface area contributed by atoms with Crippen molar-refractivity contribution >= 4 is 0 Å². The van der Waals surface area contributed by atoms with Crippen LogP contribution < -0.4 is 0 Å². The highest BCUT2D eigenvalue weighted by atomic mass is 16.4. The van der Waals surface area contributed by atoms with Gasteiger partial charge in [0.15, 0.2) is 0 Å². The molecule has 0 unspecified atom stereocenters. The zero-order valence-electron chi connectivity index (χ0n) is 10.8. The number of oxazole rings is 1. The van der Waals surface area contributed by atoms with Gasteiger partial charge in [-0.25, -0.2) is 4.98 Å². The number of hydrogen-bond acceptors (Lipinski definition) is 4. The maximum Gasteiger partial charge on any atom is 0.226 e. The molecule has 0 aliphatic rings. The van der Waals surface area contributed by atoms with Crippen LogP contribution in [0.5, 0.6) is 5.75 Å². The molecule has 96 valence electrons. The quantitative estimate of drug-likeness (QED) is 0.874. The Morgan fingerprint density at radius 2 is 1.78 bits per heavy atom. The van der Waals surface area contributed by atoms with Crippen molar-refractivity contribution in [3.05, 3.63) is 34.7 Å². The maximum absolute atomic E-state index is 9.74. The van der Waals surface area contributed by atoms with Crippen LogP contribution in [0.2, 0.25) is 0 Å². The van der Waals surface area contributed by atoms with Gasteiger partial charge in [-0.2, -0.15) is 0 Å². The van der Waals surface area contributed by atoms with Gasteiger partial charge in [0.25, 0.3) is 0 Å². The van der Waals surface area contributed by atoms with E-state index >= 15 is 0 Å². The van der Waals surface area contributed by atoms with Crippen molar-refractivity contribution in [2.45, 2.75) is 27.2 Å². The topological polar surface area (TPSA) is 66.5 Å². The van der Waals surface area contributed by atoms with Crippen LogP contribution in [0.15, 0.2) is 16.5 Å². The normalized spacial score (nSPS) is 10.9. The number of rotatable bonds is 3. The Morgan fingerprint density at radius 1 is 1.17 bits per heavy atom. The fourth-order valence-electron chi connectivity index (χ4n) is 1.97. The van der Waals surface area contributed by atoms with E-state index in [1.165, 1.54) is 0 Å². The second-order valence-corrected chi connectivity index (χ2v) is 4.45. The summed E-state index contributed by atoms with van der Waals surface area (Å²) in [5, 5.41) is 18.7. The molecule has 2 N–H and O–H groups in total. The number of aliphatic hydroxyl groups is 1. The number of aromatic nitrogens is 1. The molecule has 4 heteroatoms. The van der Waals surface area contributed by atoms with Gasteiger partial charge in [-0.3, -0.25) is 0 Å². The molecule has 0 bridgehead atoms. The monoisotopic (exact) mass is 247 g/mol. The van der Waals surface area contributed by atoms with Crippen LogP contribution in [0.3, 0.4) is 0 Å². The summed E-state index contributed by atoms with van der Waals surface area (Å²) in [6, 6.07) is 3.69. The molecule has 0 aliphatic carbocycles. The minimum Gasteiger partial charge on any atom is -0.507 e. The van der Waals surface area contributed by atoms with Gasteiger partial charge in [0, 0.05) is 18.6 Å². The van der Waals surface area contributed by atoms with Crippen LogP contribution in [-0.2, 0) is 6.42 Å². The Bertz CT molecular complexity index is 549. The second kappa shape index (κ2) is 4.82.